The number of carbonyl (C=O) groups is 2. The molecule has 1 unspecified atom stereocenters. The molecule has 2 rings (SSSR count). The first kappa shape index (κ1) is 14.5. The van der Waals surface area contributed by atoms with Crippen LogP contribution in [0, 0.1) is 0 Å². The van der Waals surface area contributed by atoms with E-state index in [0.29, 0.717) is 19.5 Å². The van der Waals surface area contributed by atoms with Crippen LogP contribution in [0.4, 0.5) is 0 Å². The molecule has 0 bridgehead atoms. The predicted octanol–water partition coefficient (Wildman–Crippen LogP) is 0.247. The maximum Gasteiger partial charge on any atom is 0.241 e. The largest absolute Gasteiger partial charge is 0.344 e. The van der Waals surface area contributed by atoms with Gasteiger partial charge in [-0.15, -0.1) is 0 Å². The Hall–Kier alpha value is -1.88. The molecule has 20 heavy (non-hydrogen) atoms. The number of amides is 2. The van der Waals surface area contributed by atoms with Crippen LogP contribution in [-0.4, -0.2) is 54.3 Å². The minimum atomic E-state index is -0.589. The zero-order valence-electron chi connectivity index (χ0n) is 11.8. The Balaban J connectivity index is 1.97. The van der Waals surface area contributed by atoms with Crippen molar-refractivity contribution in [3.63, 3.8) is 0 Å². The van der Waals surface area contributed by atoms with Crippen LogP contribution in [0.3, 0.4) is 0 Å². The lowest BCUT2D eigenvalue weighted by molar-refractivity contribution is -0.138. The second-order valence-electron chi connectivity index (χ2n) is 5.22. The van der Waals surface area contributed by atoms with Crippen molar-refractivity contribution in [2.24, 2.45) is 5.73 Å². The molecule has 0 radical (unpaired) electrons. The second kappa shape index (κ2) is 6.52. The van der Waals surface area contributed by atoms with Gasteiger partial charge in [0.25, 0.3) is 0 Å². The Bertz CT molecular complexity index is 475. The van der Waals surface area contributed by atoms with Crippen molar-refractivity contribution in [3.8, 4) is 0 Å². The highest BCUT2D eigenvalue weighted by atomic mass is 16.2. The van der Waals surface area contributed by atoms with Crippen molar-refractivity contribution in [2.45, 2.75) is 18.9 Å². The van der Waals surface area contributed by atoms with Gasteiger partial charge in [0.15, 0.2) is 0 Å². The van der Waals surface area contributed by atoms with Gasteiger partial charge in [0.2, 0.25) is 11.8 Å². The first-order chi connectivity index (χ1) is 9.58. The summed E-state index contributed by atoms with van der Waals surface area (Å²) in [5.41, 5.74) is 7.03. The van der Waals surface area contributed by atoms with E-state index in [0.717, 1.165) is 12.0 Å². The van der Waals surface area contributed by atoms with E-state index >= 15 is 0 Å². The highest BCUT2D eigenvalue weighted by Gasteiger charge is 2.26. The number of carbonyl (C=O) groups excluding carboxylic acids is 2. The third kappa shape index (κ3) is 3.57. The van der Waals surface area contributed by atoms with Crippen LogP contribution < -0.4 is 5.73 Å². The third-order valence-corrected chi connectivity index (χ3v) is 3.60. The van der Waals surface area contributed by atoms with Crippen LogP contribution in [0.25, 0.3) is 0 Å². The van der Waals surface area contributed by atoms with Crippen LogP contribution in [0.15, 0.2) is 30.3 Å². The molecule has 108 valence electrons. The molecule has 0 aliphatic carbocycles. The molecule has 1 aromatic carbocycles. The topological polar surface area (TPSA) is 66.6 Å². The molecule has 5 nitrogen and oxygen atoms in total. The Morgan fingerprint density at radius 3 is 2.70 bits per heavy atom. The lowest BCUT2D eigenvalue weighted by atomic mass is 10.1. The maximum absolute atomic E-state index is 12.3. The van der Waals surface area contributed by atoms with Gasteiger partial charge in [-0.1, -0.05) is 30.3 Å². The Morgan fingerprint density at radius 2 is 2.00 bits per heavy atom. The monoisotopic (exact) mass is 275 g/mol. The molecule has 0 spiro atoms. The lowest BCUT2D eigenvalue weighted by Crippen LogP contribution is -2.47. The summed E-state index contributed by atoms with van der Waals surface area (Å²) in [5, 5.41) is 0. The summed E-state index contributed by atoms with van der Waals surface area (Å²) in [6.45, 7) is 1.42. The van der Waals surface area contributed by atoms with Crippen LogP contribution in [0.2, 0.25) is 0 Å². The lowest BCUT2D eigenvalue weighted by Gasteiger charge is -2.23. The van der Waals surface area contributed by atoms with Crippen molar-refractivity contribution >= 4 is 11.8 Å². The van der Waals surface area contributed by atoms with Crippen LogP contribution in [0.1, 0.15) is 12.0 Å². The minimum absolute atomic E-state index is 0.0252. The summed E-state index contributed by atoms with van der Waals surface area (Å²) >= 11 is 0. The number of benzene rings is 1. The molecule has 1 aliphatic heterocycles. The summed E-state index contributed by atoms with van der Waals surface area (Å²) in [4.78, 5) is 27.4. The Labute approximate surface area is 119 Å². The number of rotatable bonds is 3. The fraction of sp³-hybridized carbons (Fsp3) is 0.467. The summed E-state index contributed by atoms with van der Waals surface area (Å²) < 4.78 is 0. The smallest absolute Gasteiger partial charge is 0.241 e. The molecule has 0 aromatic heterocycles. The molecule has 5 heteroatoms. The summed E-state index contributed by atoms with van der Waals surface area (Å²) in [5.74, 6) is -0.166. The highest BCUT2D eigenvalue weighted by molar-refractivity contribution is 5.87. The second-order valence-corrected chi connectivity index (χ2v) is 5.22. The van der Waals surface area contributed by atoms with Crippen molar-refractivity contribution < 1.29 is 9.59 Å². The van der Waals surface area contributed by atoms with E-state index in [1.807, 2.05) is 30.3 Å². The van der Waals surface area contributed by atoms with Gasteiger partial charge in [-0.2, -0.15) is 0 Å². The third-order valence-electron chi connectivity index (χ3n) is 3.60. The average molecular weight is 275 g/mol. The van der Waals surface area contributed by atoms with Crippen molar-refractivity contribution in [2.75, 3.05) is 26.7 Å². The molecular formula is C15H21N3O2. The van der Waals surface area contributed by atoms with E-state index in [2.05, 4.69) is 0 Å². The fourth-order valence-corrected chi connectivity index (χ4v) is 2.36. The Kier molecular flexibility index (Phi) is 4.74. The van der Waals surface area contributed by atoms with E-state index < -0.39 is 6.04 Å². The van der Waals surface area contributed by atoms with E-state index in [-0.39, 0.29) is 18.4 Å². The van der Waals surface area contributed by atoms with Gasteiger partial charge < -0.3 is 15.5 Å². The van der Waals surface area contributed by atoms with Gasteiger partial charge in [-0.3, -0.25) is 9.59 Å². The van der Waals surface area contributed by atoms with Gasteiger partial charge in [-0.05, 0) is 18.4 Å². The molecule has 1 fully saturated rings. The minimum Gasteiger partial charge on any atom is -0.344 e. The van der Waals surface area contributed by atoms with Gasteiger partial charge in [0, 0.05) is 20.1 Å². The molecular weight excluding hydrogens is 254 g/mol. The van der Waals surface area contributed by atoms with E-state index in [4.69, 9.17) is 5.73 Å². The maximum atomic E-state index is 12.3. The van der Waals surface area contributed by atoms with Crippen LogP contribution >= 0.6 is 0 Å². The summed E-state index contributed by atoms with van der Waals surface area (Å²) in [7, 11) is 1.76. The molecule has 1 aliphatic rings. The number of likely N-dealkylation sites (N-methyl/N-ethyl adjacent to an activating group) is 1. The SMILES string of the molecule is CN1CCCN(C(=O)C(N)Cc2ccccc2)CC1=O. The van der Waals surface area contributed by atoms with Crippen LogP contribution in [-0.2, 0) is 16.0 Å². The Morgan fingerprint density at radius 1 is 1.30 bits per heavy atom. The fourth-order valence-electron chi connectivity index (χ4n) is 2.36. The molecule has 1 aromatic rings. The van der Waals surface area contributed by atoms with Crippen molar-refractivity contribution in [1.29, 1.82) is 0 Å². The van der Waals surface area contributed by atoms with Crippen LogP contribution in [0.5, 0.6) is 0 Å². The summed E-state index contributed by atoms with van der Waals surface area (Å²) in [6.07, 6.45) is 1.30. The van der Waals surface area contributed by atoms with E-state index in [9.17, 15) is 9.59 Å². The number of nitrogens with two attached hydrogens (primary N) is 1. The standard InChI is InChI=1S/C15H21N3O2/c1-17-8-5-9-18(11-14(17)19)15(20)13(16)10-12-6-3-2-4-7-12/h2-4,6-7,13H,5,8-11,16H2,1H3. The average Bonchev–Trinajstić information content (AvgIpc) is 2.61. The highest BCUT2D eigenvalue weighted by Crippen LogP contribution is 2.08. The van der Waals surface area contributed by atoms with E-state index in [1.54, 1.807) is 16.8 Å². The number of hydrogen-bond donors (Lipinski definition) is 1. The quantitative estimate of drug-likeness (QED) is 0.859. The first-order valence-corrected chi connectivity index (χ1v) is 6.90. The normalized spacial score (nSPS) is 17.8. The number of nitrogens with zero attached hydrogens (tertiary/aromatic N) is 2. The van der Waals surface area contributed by atoms with Gasteiger partial charge in [0.05, 0.1) is 12.6 Å². The first-order valence-electron chi connectivity index (χ1n) is 6.90. The van der Waals surface area contributed by atoms with E-state index in [1.165, 1.54) is 0 Å². The molecule has 2 N–H and O–H groups in total. The predicted molar refractivity (Wildman–Crippen MR) is 77.0 cm³/mol. The number of hydrogen-bond acceptors (Lipinski definition) is 3. The van der Waals surface area contributed by atoms with Gasteiger partial charge in [0.1, 0.15) is 0 Å². The molecule has 1 saturated heterocycles. The molecule has 0 saturated carbocycles. The van der Waals surface area contributed by atoms with Crippen molar-refractivity contribution in [1.82, 2.24) is 9.80 Å². The molecule has 2 amide bonds. The van der Waals surface area contributed by atoms with Gasteiger partial charge in [-0.25, -0.2) is 0 Å². The van der Waals surface area contributed by atoms with Crippen molar-refractivity contribution in [3.05, 3.63) is 35.9 Å². The summed E-state index contributed by atoms with van der Waals surface area (Å²) in [6, 6.07) is 9.10. The molecule has 1 atom stereocenters. The zero-order chi connectivity index (χ0) is 14.5. The molecule has 1 heterocycles. The zero-order valence-corrected chi connectivity index (χ0v) is 11.8. The van der Waals surface area contributed by atoms with Gasteiger partial charge >= 0.3 is 0 Å².